The lowest BCUT2D eigenvalue weighted by Gasteiger charge is -2.09. The predicted octanol–water partition coefficient (Wildman–Crippen LogP) is 0.216. The molecule has 0 radical (unpaired) electrons. The van der Waals surface area contributed by atoms with Crippen molar-refractivity contribution >= 4 is 37.8 Å². The first-order chi connectivity index (χ1) is 15.9. The third-order valence-electron chi connectivity index (χ3n) is 4.26. The van der Waals surface area contributed by atoms with E-state index in [1.807, 2.05) is 0 Å². The molecule has 13 heteroatoms. The summed E-state index contributed by atoms with van der Waals surface area (Å²) in [6.45, 7) is 0.660. The number of carbonyl (C=O) groups is 3. The van der Waals surface area contributed by atoms with Gasteiger partial charge in [-0.3, -0.25) is 14.4 Å². The molecule has 0 amide bonds. The van der Waals surface area contributed by atoms with Crippen LogP contribution in [0, 0.1) is 13.8 Å². The van der Waals surface area contributed by atoms with Gasteiger partial charge in [-0.15, -0.1) is 0 Å². The highest BCUT2D eigenvalue weighted by atomic mass is 32.2. The molecule has 0 bridgehead atoms. The molecule has 2 aromatic carbocycles. The molecule has 0 unspecified atom stereocenters. The number of nitrogens with one attached hydrogen (secondary N) is 2. The smallest absolute Gasteiger partial charge is 0.321 e. The first kappa shape index (κ1) is 27.1. The van der Waals surface area contributed by atoms with Gasteiger partial charge in [0.1, 0.15) is 13.1 Å². The van der Waals surface area contributed by atoms with Crippen LogP contribution in [0.4, 0.5) is 0 Å². The molecule has 2 rings (SSSR count). The maximum Gasteiger partial charge on any atom is 0.321 e. The summed E-state index contributed by atoms with van der Waals surface area (Å²) < 4.78 is 61.8. The molecule has 0 aliphatic carbocycles. The summed E-state index contributed by atoms with van der Waals surface area (Å²) in [4.78, 5) is 35.1. The zero-order valence-electron chi connectivity index (χ0n) is 18.4. The van der Waals surface area contributed by atoms with Gasteiger partial charge >= 0.3 is 11.9 Å². The molecule has 0 heterocycles. The van der Waals surface area contributed by atoms with Gasteiger partial charge < -0.3 is 9.47 Å². The fourth-order valence-electron chi connectivity index (χ4n) is 2.38. The normalized spacial score (nSPS) is 11.6. The molecule has 2 N–H and O–H groups in total. The third kappa shape index (κ3) is 8.67. The maximum atomic E-state index is 12.1. The van der Waals surface area contributed by atoms with Crippen LogP contribution in [-0.4, -0.2) is 60.9 Å². The standard InChI is InChI=1S/C21H24N2O9S2/c1-15-3-7-18(8-4-15)33(27,28)22-11-20(25)31-13-17(24)14-32-21(26)12-23-34(29,30)19-9-5-16(2)6-10-19/h3-10,22-23H,11-14H2,1-2H3. The minimum atomic E-state index is -3.93. The highest BCUT2D eigenvalue weighted by Gasteiger charge is 2.18. The molecule has 34 heavy (non-hydrogen) atoms. The van der Waals surface area contributed by atoms with Crippen LogP contribution in [0.3, 0.4) is 0 Å². The Bertz CT molecular complexity index is 1140. The maximum absolute atomic E-state index is 12.1. The van der Waals surface area contributed by atoms with Gasteiger partial charge in [0.15, 0.2) is 13.2 Å². The summed E-state index contributed by atoms with van der Waals surface area (Å²) in [5.74, 6) is -2.81. The minimum absolute atomic E-state index is 0.0353. The molecular formula is C21H24N2O9S2. The van der Waals surface area contributed by atoms with E-state index >= 15 is 0 Å². The van der Waals surface area contributed by atoms with E-state index in [1.165, 1.54) is 24.3 Å². The molecule has 0 saturated heterocycles. The summed E-state index contributed by atoms with van der Waals surface area (Å²) in [5.41, 5.74) is 1.72. The summed E-state index contributed by atoms with van der Waals surface area (Å²) in [6.07, 6.45) is 0. The van der Waals surface area contributed by atoms with Gasteiger partial charge in [0, 0.05) is 0 Å². The fourth-order valence-corrected chi connectivity index (χ4v) is 4.31. The molecule has 0 spiro atoms. The summed E-state index contributed by atoms with van der Waals surface area (Å²) in [6, 6.07) is 11.9. The van der Waals surface area contributed by atoms with Gasteiger partial charge in [-0.1, -0.05) is 35.4 Å². The number of hydrogen-bond donors (Lipinski definition) is 2. The lowest BCUT2D eigenvalue weighted by atomic mass is 10.2. The molecule has 184 valence electrons. The fraction of sp³-hybridized carbons (Fsp3) is 0.286. The van der Waals surface area contributed by atoms with Gasteiger partial charge in [0.2, 0.25) is 25.8 Å². The largest absolute Gasteiger partial charge is 0.457 e. The van der Waals surface area contributed by atoms with E-state index in [0.29, 0.717) is 0 Å². The number of rotatable bonds is 12. The number of ether oxygens (including phenoxy) is 2. The van der Waals surface area contributed by atoms with Gasteiger partial charge in [-0.05, 0) is 38.1 Å². The topological polar surface area (TPSA) is 162 Å². The molecule has 2 aromatic rings. The SMILES string of the molecule is Cc1ccc(S(=O)(=O)NCC(=O)OCC(=O)COC(=O)CNS(=O)(=O)c2ccc(C)cc2)cc1. The van der Waals surface area contributed by atoms with Crippen molar-refractivity contribution in [2.24, 2.45) is 0 Å². The Hall–Kier alpha value is -3.13. The Labute approximate surface area is 197 Å². The van der Waals surface area contributed by atoms with Crippen molar-refractivity contribution in [2.75, 3.05) is 26.3 Å². The van der Waals surface area contributed by atoms with E-state index in [2.05, 4.69) is 18.9 Å². The zero-order chi connectivity index (χ0) is 25.4. The van der Waals surface area contributed by atoms with Crippen LogP contribution in [0.2, 0.25) is 0 Å². The van der Waals surface area contributed by atoms with E-state index in [0.717, 1.165) is 11.1 Å². The lowest BCUT2D eigenvalue weighted by molar-refractivity contribution is -0.151. The summed E-state index contributed by atoms with van der Waals surface area (Å²) >= 11 is 0. The van der Waals surface area contributed by atoms with Crippen LogP contribution in [0.5, 0.6) is 0 Å². The molecule has 0 aliphatic rings. The van der Waals surface area contributed by atoms with E-state index in [4.69, 9.17) is 0 Å². The molecule has 0 aromatic heterocycles. The van der Waals surface area contributed by atoms with Crippen molar-refractivity contribution in [3.8, 4) is 0 Å². The Morgan fingerprint density at radius 3 is 1.29 bits per heavy atom. The third-order valence-corrected chi connectivity index (χ3v) is 7.10. The molecular weight excluding hydrogens is 488 g/mol. The quantitative estimate of drug-likeness (QED) is 0.379. The number of carbonyl (C=O) groups excluding carboxylic acids is 3. The second-order valence-electron chi connectivity index (χ2n) is 7.14. The van der Waals surface area contributed by atoms with Gasteiger partial charge in [-0.25, -0.2) is 16.8 Å². The number of Topliss-reactive ketones (excluding diaryl/α,β-unsaturated/α-hetero) is 1. The Kier molecular flexibility index (Phi) is 9.44. The molecule has 0 aliphatic heterocycles. The van der Waals surface area contributed by atoms with Crippen molar-refractivity contribution in [1.82, 2.24) is 9.44 Å². The number of benzene rings is 2. The predicted molar refractivity (Wildman–Crippen MR) is 120 cm³/mol. The number of aryl methyl sites for hydroxylation is 2. The minimum Gasteiger partial charge on any atom is -0.457 e. The second-order valence-corrected chi connectivity index (χ2v) is 10.7. The van der Waals surface area contributed by atoms with E-state index in [9.17, 15) is 31.2 Å². The van der Waals surface area contributed by atoms with E-state index in [1.54, 1.807) is 38.1 Å². The Balaban J connectivity index is 1.69. The Morgan fingerprint density at radius 1 is 0.647 bits per heavy atom. The summed E-state index contributed by atoms with van der Waals surface area (Å²) in [5, 5.41) is 0. The summed E-state index contributed by atoms with van der Waals surface area (Å²) in [7, 11) is -7.87. The number of sulfonamides is 2. The highest BCUT2D eigenvalue weighted by molar-refractivity contribution is 7.89. The van der Waals surface area contributed by atoms with Crippen molar-refractivity contribution in [2.45, 2.75) is 23.6 Å². The monoisotopic (exact) mass is 512 g/mol. The van der Waals surface area contributed by atoms with Crippen molar-refractivity contribution in [3.05, 3.63) is 59.7 Å². The van der Waals surface area contributed by atoms with Gasteiger partial charge in [-0.2, -0.15) is 9.44 Å². The van der Waals surface area contributed by atoms with Crippen molar-refractivity contribution < 1.29 is 40.7 Å². The molecule has 0 fully saturated rings. The van der Waals surface area contributed by atoms with Crippen molar-refractivity contribution in [1.29, 1.82) is 0 Å². The van der Waals surface area contributed by atoms with E-state index in [-0.39, 0.29) is 9.79 Å². The number of esters is 2. The lowest BCUT2D eigenvalue weighted by Crippen LogP contribution is -2.33. The Morgan fingerprint density at radius 2 is 0.971 bits per heavy atom. The van der Waals surface area contributed by atoms with Crippen LogP contribution in [-0.2, 0) is 43.9 Å². The zero-order valence-corrected chi connectivity index (χ0v) is 20.1. The van der Waals surface area contributed by atoms with Gasteiger partial charge in [0.25, 0.3) is 0 Å². The van der Waals surface area contributed by atoms with Gasteiger partial charge in [0.05, 0.1) is 9.79 Å². The highest BCUT2D eigenvalue weighted by Crippen LogP contribution is 2.10. The first-order valence-corrected chi connectivity index (χ1v) is 12.8. The van der Waals surface area contributed by atoms with Crippen LogP contribution in [0.1, 0.15) is 11.1 Å². The second kappa shape index (κ2) is 11.8. The first-order valence-electron chi connectivity index (χ1n) is 9.85. The number of hydrogen-bond acceptors (Lipinski definition) is 9. The van der Waals surface area contributed by atoms with Crippen LogP contribution in [0.25, 0.3) is 0 Å². The van der Waals surface area contributed by atoms with Crippen LogP contribution in [0.15, 0.2) is 58.3 Å². The van der Waals surface area contributed by atoms with Crippen LogP contribution >= 0.6 is 0 Å². The van der Waals surface area contributed by atoms with E-state index < -0.39 is 64.1 Å². The average Bonchev–Trinajstić information content (AvgIpc) is 2.79. The molecule has 0 saturated carbocycles. The average molecular weight is 513 g/mol. The van der Waals surface area contributed by atoms with Crippen molar-refractivity contribution in [3.63, 3.8) is 0 Å². The molecule has 11 nitrogen and oxygen atoms in total. The number of ketones is 1. The molecule has 0 atom stereocenters. The van der Waals surface area contributed by atoms with Crippen LogP contribution < -0.4 is 9.44 Å².